The summed E-state index contributed by atoms with van der Waals surface area (Å²) in [4.78, 5) is 0. The van der Waals surface area contributed by atoms with E-state index >= 15 is 0 Å². The maximum absolute atomic E-state index is 12.3. The molecule has 0 radical (unpaired) electrons. The van der Waals surface area contributed by atoms with E-state index in [0.29, 0.717) is 12.1 Å². The first-order valence-electron chi connectivity index (χ1n) is 9.53. The van der Waals surface area contributed by atoms with E-state index in [-0.39, 0.29) is 5.75 Å². The van der Waals surface area contributed by atoms with Crippen molar-refractivity contribution in [2.45, 2.75) is 19.3 Å². The fourth-order valence-electron chi connectivity index (χ4n) is 2.99. The molecule has 0 bridgehead atoms. The Labute approximate surface area is 167 Å². The zero-order valence-electron chi connectivity index (χ0n) is 15.8. The van der Waals surface area contributed by atoms with E-state index in [4.69, 9.17) is 0 Å². The van der Waals surface area contributed by atoms with Crippen molar-refractivity contribution < 1.29 is 8.42 Å². The van der Waals surface area contributed by atoms with Gasteiger partial charge in [0.05, 0.1) is 5.75 Å². The van der Waals surface area contributed by atoms with Gasteiger partial charge >= 0.3 is 0 Å². The Morgan fingerprint density at radius 1 is 0.643 bits per heavy atom. The number of hydrogen-bond acceptors (Lipinski definition) is 3. The number of hydrogen-bond donors (Lipinski definition) is 2. The molecule has 4 nitrogen and oxygen atoms in total. The van der Waals surface area contributed by atoms with Gasteiger partial charge in [0.1, 0.15) is 0 Å². The summed E-state index contributed by atoms with van der Waals surface area (Å²) < 4.78 is 27.2. The minimum Gasteiger partial charge on any atom is -0.385 e. The van der Waals surface area contributed by atoms with Gasteiger partial charge in [-0.2, -0.15) is 0 Å². The van der Waals surface area contributed by atoms with Crippen LogP contribution in [0.3, 0.4) is 0 Å². The summed E-state index contributed by atoms with van der Waals surface area (Å²) in [6.07, 6.45) is 2.29. The van der Waals surface area contributed by atoms with Crippen LogP contribution in [-0.2, 0) is 22.9 Å². The SMILES string of the molecule is O=S(=O)(CCCc1ccccc1)Nc1ccc(NCCc2ccccc2)cc1. The van der Waals surface area contributed by atoms with Gasteiger partial charge in [0.2, 0.25) is 10.0 Å². The smallest absolute Gasteiger partial charge is 0.232 e. The summed E-state index contributed by atoms with van der Waals surface area (Å²) >= 11 is 0. The number of rotatable bonds is 10. The highest BCUT2D eigenvalue weighted by Gasteiger charge is 2.10. The number of benzene rings is 3. The van der Waals surface area contributed by atoms with E-state index in [2.05, 4.69) is 22.2 Å². The molecule has 0 unspecified atom stereocenters. The van der Waals surface area contributed by atoms with Crippen LogP contribution < -0.4 is 10.0 Å². The standard InChI is InChI=1S/C23H26N2O2S/c26-28(27,19-7-12-20-8-3-1-4-9-20)25-23-15-13-22(14-16-23)24-18-17-21-10-5-2-6-11-21/h1-6,8-11,13-16,24-25H,7,12,17-19H2. The fraction of sp³-hybridized carbons (Fsp3) is 0.217. The Kier molecular flexibility index (Phi) is 7.09. The third kappa shape index (κ3) is 6.74. The molecule has 0 aliphatic rings. The van der Waals surface area contributed by atoms with Crippen LogP contribution in [0.2, 0.25) is 0 Å². The minimum absolute atomic E-state index is 0.110. The lowest BCUT2D eigenvalue weighted by atomic mass is 10.1. The van der Waals surface area contributed by atoms with Gasteiger partial charge in [0.15, 0.2) is 0 Å². The Bertz CT molecular complexity index is 941. The normalized spacial score (nSPS) is 11.1. The van der Waals surface area contributed by atoms with Gasteiger partial charge < -0.3 is 5.32 Å². The van der Waals surface area contributed by atoms with Gasteiger partial charge in [-0.25, -0.2) is 8.42 Å². The molecule has 3 aromatic carbocycles. The second kappa shape index (κ2) is 9.95. The topological polar surface area (TPSA) is 58.2 Å². The van der Waals surface area contributed by atoms with Gasteiger partial charge in [-0.05, 0) is 54.7 Å². The van der Waals surface area contributed by atoms with Crippen molar-refractivity contribution in [1.82, 2.24) is 0 Å². The molecule has 0 amide bonds. The number of sulfonamides is 1. The summed E-state index contributed by atoms with van der Waals surface area (Å²) in [6.45, 7) is 0.828. The summed E-state index contributed by atoms with van der Waals surface area (Å²) in [6, 6.07) is 27.6. The van der Waals surface area contributed by atoms with Crippen LogP contribution in [0.25, 0.3) is 0 Å². The molecule has 0 fully saturated rings. The van der Waals surface area contributed by atoms with Gasteiger partial charge in [0.25, 0.3) is 0 Å². The van der Waals surface area contributed by atoms with Gasteiger partial charge in [-0.3, -0.25) is 4.72 Å². The maximum Gasteiger partial charge on any atom is 0.232 e. The maximum atomic E-state index is 12.3. The van der Waals surface area contributed by atoms with Crippen molar-refractivity contribution in [3.05, 3.63) is 96.1 Å². The van der Waals surface area contributed by atoms with Crippen LogP contribution >= 0.6 is 0 Å². The summed E-state index contributed by atoms with van der Waals surface area (Å²) in [5, 5.41) is 3.36. The molecule has 3 aromatic rings. The molecule has 0 saturated heterocycles. The fourth-order valence-corrected chi connectivity index (χ4v) is 4.12. The first-order chi connectivity index (χ1) is 13.6. The molecule has 3 rings (SSSR count). The second-order valence-corrected chi connectivity index (χ2v) is 8.59. The Morgan fingerprint density at radius 3 is 1.79 bits per heavy atom. The van der Waals surface area contributed by atoms with E-state index in [1.54, 1.807) is 12.1 Å². The third-order valence-electron chi connectivity index (χ3n) is 4.47. The van der Waals surface area contributed by atoms with Crippen molar-refractivity contribution in [2.75, 3.05) is 22.3 Å². The average Bonchev–Trinajstić information content (AvgIpc) is 2.71. The highest BCUT2D eigenvalue weighted by atomic mass is 32.2. The highest BCUT2D eigenvalue weighted by Crippen LogP contribution is 2.16. The largest absolute Gasteiger partial charge is 0.385 e. The Balaban J connectivity index is 1.43. The minimum atomic E-state index is -3.34. The Morgan fingerprint density at radius 2 is 1.18 bits per heavy atom. The number of nitrogens with one attached hydrogen (secondary N) is 2. The van der Waals surface area contributed by atoms with Gasteiger partial charge in [-0.1, -0.05) is 60.7 Å². The van der Waals surface area contributed by atoms with E-state index in [0.717, 1.165) is 30.6 Å². The summed E-state index contributed by atoms with van der Waals surface area (Å²) in [7, 11) is -3.34. The molecule has 0 spiro atoms. The first-order valence-corrected chi connectivity index (χ1v) is 11.2. The quantitative estimate of drug-likeness (QED) is 0.523. The van der Waals surface area contributed by atoms with E-state index in [9.17, 15) is 8.42 Å². The van der Waals surface area contributed by atoms with Crippen molar-refractivity contribution in [3.63, 3.8) is 0 Å². The second-order valence-electron chi connectivity index (χ2n) is 6.75. The van der Waals surface area contributed by atoms with Crippen LogP contribution in [0.4, 0.5) is 11.4 Å². The molecule has 0 aliphatic heterocycles. The predicted octanol–water partition coefficient (Wildman–Crippen LogP) is 4.72. The van der Waals surface area contributed by atoms with E-state index in [1.165, 1.54) is 5.56 Å². The van der Waals surface area contributed by atoms with Crippen LogP contribution in [0.5, 0.6) is 0 Å². The van der Waals surface area contributed by atoms with Crippen LogP contribution in [0, 0.1) is 0 Å². The van der Waals surface area contributed by atoms with Crippen LogP contribution in [0.1, 0.15) is 17.5 Å². The van der Waals surface area contributed by atoms with Gasteiger partial charge in [0, 0.05) is 17.9 Å². The van der Waals surface area contributed by atoms with Crippen molar-refractivity contribution in [2.24, 2.45) is 0 Å². The molecule has 0 aliphatic carbocycles. The van der Waals surface area contributed by atoms with Crippen LogP contribution in [0.15, 0.2) is 84.9 Å². The molecule has 28 heavy (non-hydrogen) atoms. The summed E-state index contributed by atoms with van der Waals surface area (Å²) in [5.41, 5.74) is 4.01. The first kappa shape index (κ1) is 20.0. The molecule has 0 atom stereocenters. The molecule has 0 heterocycles. The lowest BCUT2D eigenvalue weighted by molar-refractivity contribution is 0.598. The zero-order chi connectivity index (χ0) is 19.7. The lowest BCUT2D eigenvalue weighted by Gasteiger charge is -2.10. The third-order valence-corrected chi connectivity index (χ3v) is 5.84. The predicted molar refractivity (Wildman–Crippen MR) is 117 cm³/mol. The summed E-state index contributed by atoms with van der Waals surface area (Å²) in [5.74, 6) is 0.110. The molecular formula is C23H26N2O2S. The number of aryl methyl sites for hydroxylation is 1. The molecule has 5 heteroatoms. The number of anilines is 2. The monoisotopic (exact) mass is 394 g/mol. The van der Waals surface area contributed by atoms with Crippen molar-refractivity contribution in [1.29, 1.82) is 0 Å². The zero-order valence-corrected chi connectivity index (χ0v) is 16.7. The molecule has 0 saturated carbocycles. The molecule has 0 aromatic heterocycles. The molecular weight excluding hydrogens is 368 g/mol. The van der Waals surface area contributed by atoms with Crippen LogP contribution in [-0.4, -0.2) is 20.7 Å². The van der Waals surface area contributed by atoms with E-state index < -0.39 is 10.0 Å². The van der Waals surface area contributed by atoms with Crippen molar-refractivity contribution in [3.8, 4) is 0 Å². The van der Waals surface area contributed by atoms with Crippen molar-refractivity contribution >= 4 is 21.4 Å². The average molecular weight is 395 g/mol. The molecule has 146 valence electrons. The highest BCUT2D eigenvalue weighted by molar-refractivity contribution is 7.92. The molecule has 2 N–H and O–H groups in total. The van der Waals surface area contributed by atoms with Gasteiger partial charge in [-0.15, -0.1) is 0 Å². The lowest BCUT2D eigenvalue weighted by Crippen LogP contribution is -2.17. The van der Waals surface area contributed by atoms with E-state index in [1.807, 2.05) is 60.7 Å². The Hall–Kier alpha value is -2.79.